The Balaban J connectivity index is 2.17. The Morgan fingerprint density at radius 3 is 2.52 bits per heavy atom. The minimum absolute atomic E-state index is 0.126. The predicted octanol–water partition coefficient (Wildman–Crippen LogP) is 2.35. The molecule has 2 atom stereocenters. The van der Waals surface area contributed by atoms with E-state index >= 15 is 0 Å². The van der Waals surface area contributed by atoms with Crippen LogP contribution in [0.2, 0.25) is 0 Å². The quantitative estimate of drug-likeness (QED) is 0.898. The average molecular weight is 299 g/mol. The highest BCUT2D eigenvalue weighted by Crippen LogP contribution is 2.26. The average Bonchev–Trinajstić information content (AvgIpc) is 2.42. The maximum Gasteiger partial charge on any atom is 0.407 e. The first-order valence-electron chi connectivity index (χ1n) is 6.54. The van der Waals surface area contributed by atoms with Gasteiger partial charge in [-0.15, -0.1) is 0 Å². The van der Waals surface area contributed by atoms with Crippen molar-refractivity contribution in [1.29, 1.82) is 0 Å². The maximum atomic E-state index is 13.2. The molecule has 0 aliphatic carbocycles. The number of hydrogen-bond donors (Lipinski definition) is 2. The third-order valence-corrected chi connectivity index (χ3v) is 3.77. The highest BCUT2D eigenvalue weighted by molar-refractivity contribution is 5.71. The maximum absolute atomic E-state index is 13.2. The van der Waals surface area contributed by atoms with E-state index in [9.17, 15) is 18.4 Å². The van der Waals surface area contributed by atoms with Crippen LogP contribution in [0.5, 0.6) is 0 Å². The fourth-order valence-corrected chi connectivity index (χ4v) is 2.66. The number of amides is 1. The predicted molar refractivity (Wildman–Crippen MR) is 68.9 cm³/mol. The minimum atomic E-state index is -1.13. The number of nitrogens with zero attached hydrogens (tertiary/aromatic N) is 1. The molecule has 2 N–H and O–H groups in total. The summed E-state index contributed by atoms with van der Waals surface area (Å²) in [6, 6.07) is 2.82. The molecular formula is C14H15F2NO4. The van der Waals surface area contributed by atoms with Gasteiger partial charge >= 0.3 is 12.1 Å². The molecule has 1 amide bonds. The van der Waals surface area contributed by atoms with Gasteiger partial charge in [0.2, 0.25) is 0 Å². The molecule has 1 fully saturated rings. The van der Waals surface area contributed by atoms with Crippen LogP contribution in [0.1, 0.15) is 18.4 Å². The first kappa shape index (κ1) is 15.2. The van der Waals surface area contributed by atoms with Crippen LogP contribution < -0.4 is 0 Å². The zero-order valence-corrected chi connectivity index (χ0v) is 11.1. The molecule has 1 aliphatic rings. The molecule has 0 aromatic heterocycles. The molecule has 1 saturated heterocycles. The lowest BCUT2D eigenvalue weighted by Crippen LogP contribution is -2.48. The SMILES string of the molecule is O=C(O)C1CCN(C(=O)O)C(Cc2ccc(F)c(F)c2)C1. The van der Waals surface area contributed by atoms with E-state index in [-0.39, 0.29) is 25.8 Å². The van der Waals surface area contributed by atoms with Gasteiger partial charge in [0.1, 0.15) is 0 Å². The molecule has 1 aliphatic heterocycles. The van der Waals surface area contributed by atoms with Crippen molar-refractivity contribution in [3.63, 3.8) is 0 Å². The first-order chi connectivity index (χ1) is 9.88. The van der Waals surface area contributed by atoms with Crippen molar-refractivity contribution in [2.75, 3.05) is 6.54 Å². The zero-order chi connectivity index (χ0) is 15.6. The van der Waals surface area contributed by atoms with Gasteiger partial charge in [-0.2, -0.15) is 0 Å². The summed E-state index contributed by atoms with van der Waals surface area (Å²) >= 11 is 0. The van der Waals surface area contributed by atoms with E-state index in [1.54, 1.807) is 0 Å². The zero-order valence-electron chi connectivity index (χ0n) is 11.1. The Bertz CT molecular complexity index is 564. The summed E-state index contributed by atoms with van der Waals surface area (Å²) < 4.78 is 26.1. The highest BCUT2D eigenvalue weighted by Gasteiger charge is 2.34. The van der Waals surface area contributed by atoms with Crippen LogP contribution in [-0.4, -0.2) is 39.8 Å². The molecule has 0 spiro atoms. The molecule has 2 rings (SSSR count). The van der Waals surface area contributed by atoms with Crippen molar-refractivity contribution < 1.29 is 28.6 Å². The van der Waals surface area contributed by atoms with Gasteiger partial charge < -0.3 is 15.1 Å². The van der Waals surface area contributed by atoms with Crippen LogP contribution in [0.4, 0.5) is 13.6 Å². The van der Waals surface area contributed by atoms with E-state index in [4.69, 9.17) is 10.2 Å². The van der Waals surface area contributed by atoms with Crippen molar-refractivity contribution in [1.82, 2.24) is 4.90 Å². The van der Waals surface area contributed by atoms with E-state index in [1.807, 2.05) is 0 Å². The fourth-order valence-electron chi connectivity index (χ4n) is 2.66. The number of benzene rings is 1. The lowest BCUT2D eigenvalue weighted by molar-refractivity contribution is -0.143. The van der Waals surface area contributed by atoms with Gasteiger partial charge in [0, 0.05) is 12.6 Å². The Morgan fingerprint density at radius 1 is 1.24 bits per heavy atom. The smallest absolute Gasteiger partial charge is 0.407 e. The number of likely N-dealkylation sites (tertiary alicyclic amines) is 1. The van der Waals surface area contributed by atoms with Crippen molar-refractivity contribution in [3.8, 4) is 0 Å². The summed E-state index contributed by atoms with van der Waals surface area (Å²) in [6.07, 6.45) is -0.546. The van der Waals surface area contributed by atoms with Crippen molar-refractivity contribution >= 4 is 12.1 Å². The number of carboxylic acid groups (broad SMARTS) is 2. The molecule has 2 unspecified atom stereocenters. The highest BCUT2D eigenvalue weighted by atomic mass is 19.2. The van der Waals surface area contributed by atoms with Gasteiger partial charge in [-0.25, -0.2) is 13.6 Å². The number of piperidine rings is 1. The third kappa shape index (κ3) is 3.48. The third-order valence-electron chi connectivity index (χ3n) is 3.77. The van der Waals surface area contributed by atoms with Crippen LogP contribution in [0, 0.1) is 17.6 Å². The van der Waals surface area contributed by atoms with E-state index < -0.39 is 35.7 Å². The number of halogens is 2. The molecule has 0 bridgehead atoms. The Labute approximate surface area is 119 Å². The number of hydrogen-bond acceptors (Lipinski definition) is 2. The van der Waals surface area contributed by atoms with E-state index in [2.05, 4.69) is 0 Å². The standard InChI is InChI=1S/C14H15F2NO4/c15-11-2-1-8(6-12(11)16)5-10-7-9(13(18)19)3-4-17(10)14(20)21/h1-2,6,9-10H,3-5,7H2,(H,18,19)(H,20,21). The van der Waals surface area contributed by atoms with Crippen LogP contribution in [0.25, 0.3) is 0 Å². The Morgan fingerprint density at radius 2 is 1.95 bits per heavy atom. The van der Waals surface area contributed by atoms with Crippen LogP contribution in [0.3, 0.4) is 0 Å². The van der Waals surface area contributed by atoms with Crippen LogP contribution in [0.15, 0.2) is 18.2 Å². The largest absolute Gasteiger partial charge is 0.481 e. The Kier molecular flexibility index (Phi) is 4.40. The number of carbonyl (C=O) groups is 2. The molecule has 1 aromatic rings. The molecule has 7 heteroatoms. The number of aliphatic carboxylic acids is 1. The second-order valence-corrected chi connectivity index (χ2v) is 5.14. The van der Waals surface area contributed by atoms with Gasteiger partial charge in [0.15, 0.2) is 11.6 Å². The van der Waals surface area contributed by atoms with Crippen molar-refractivity contribution in [2.45, 2.75) is 25.3 Å². The molecule has 5 nitrogen and oxygen atoms in total. The van der Waals surface area contributed by atoms with E-state index in [0.717, 1.165) is 12.1 Å². The van der Waals surface area contributed by atoms with Gasteiger partial charge in [-0.3, -0.25) is 4.79 Å². The molecule has 1 heterocycles. The summed E-state index contributed by atoms with van der Waals surface area (Å²) in [5.74, 6) is -3.55. The molecule has 1 aromatic carbocycles. The second kappa shape index (κ2) is 6.07. The Hall–Kier alpha value is -2.18. The number of carboxylic acids is 1. The lowest BCUT2D eigenvalue weighted by atomic mass is 9.88. The van der Waals surface area contributed by atoms with Crippen molar-refractivity contribution in [2.24, 2.45) is 5.92 Å². The van der Waals surface area contributed by atoms with Gasteiger partial charge in [0.25, 0.3) is 0 Å². The monoisotopic (exact) mass is 299 g/mol. The topological polar surface area (TPSA) is 77.8 Å². The lowest BCUT2D eigenvalue weighted by Gasteiger charge is -2.36. The summed E-state index contributed by atoms with van der Waals surface area (Å²) in [6.45, 7) is 0.126. The number of rotatable bonds is 3. The van der Waals surface area contributed by atoms with E-state index in [0.29, 0.717) is 5.56 Å². The normalized spacial score (nSPS) is 22.1. The van der Waals surface area contributed by atoms with E-state index in [1.165, 1.54) is 11.0 Å². The molecule has 114 valence electrons. The molecule has 21 heavy (non-hydrogen) atoms. The molecular weight excluding hydrogens is 284 g/mol. The molecule has 0 saturated carbocycles. The van der Waals surface area contributed by atoms with Gasteiger partial charge in [0.05, 0.1) is 5.92 Å². The van der Waals surface area contributed by atoms with Gasteiger partial charge in [-0.1, -0.05) is 6.07 Å². The van der Waals surface area contributed by atoms with Crippen LogP contribution in [-0.2, 0) is 11.2 Å². The van der Waals surface area contributed by atoms with Crippen molar-refractivity contribution in [3.05, 3.63) is 35.4 Å². The first-order valence-corrected chi connectivity index (χ1v) is 6.54. The molecule has 0 radical (unpaired) electrons. The minimum Gasteiger partial charge on any atom is -0.481 e. The van der Waals surface area contributed by atoms with Crippen LogP contribution >= 0.6 is 0 Å². The summed E-state index contributed by atoms with van der Waals surface area (Å²) in [4.78, 5) is 23.4. The summed E-state index contributed by atoms with van der Waals surface area (Å²) in [5, 5.41) is 18.2. The fraction of sp³-hybridized carbons (Fsp3) is 0.429. The summed E-state index contributed by atoms with van der Waals surface area (Å²) in [7, 11) is 0. The second-order valence-electron chi connectivity index (χ2n) is 5.14. The van der Waals surface area contributed by atoms with Gasteiger partial charge in [-0.05, 0) is 37.0 Å². The summed E-state index contributed by atoms with van der Waals surface area (Å²) in [5.41, 5.74) is 0.441.